The highest BCUT2D eigenvalue weighted by Crippen LogP contribution is 2.27. The Kier molecular flexibility index (Phi) is 10.0. The molecule has 40 heavy (non-hydrogen) atoms. The molecule has 0 saturated carbocycles. The lowest BCUT2D eigenvalue weighted by atomic mass is 10.1. The smallest absolute Gasteiger partial charge is 0.274 e. The van der Waals surface area contributed by atoms with E-state index >= 15 is 0 Å². The van der Waals surface area contributed by atoms with E-state index in [2.05, 4.69) is 38.1 Å². The number of rotatable bonds is 5. The molecular formula is C30H30I2N6O2. The van der Waals surface area contributed by atoms with Gasteiger partial charge in [-0.1, -0.05) is 6.07 Å². The lowest BCUT2D eigenvalue weighted by Crippen LogP contribution is -3.00. The highest BCUT2D eigenvalue weighted by atomic mass is 127. The minimum Gasteiger partial charge on any atom is -1.00 e. The number of carbonyl (C=O) groups is 2. The molecule has 0 aliphatic rings. The van der Waals surface area contributed by atoms with Crippen molar-refractivity contribution in [3.8, 4) is 0 Å². The number of anilines is 3. The first-order chi connectivity index (χ1) is 18.2. The maximum Gasteiger partial charge on any atom is 0.274 e. The van der Waals surface area contributed by atoms with Crippen molar-refractivity contribution in [3.63, 3.8) is 0 Å². The Labute approximate surface area is 267 Å². The molecule has 8 nitrogen and oxygen atoms in total. The highest BCUT2D eigenvalue weighted by Gasteiger charge is 2.18. The van der Waals surface area contributed by atoms with Gasteiger partial charge in [-0.15, -0.1) is 0 Å². The summed E-state index contributed by atoms with van der Waals surface area (Å²) in [5, 5.41) is 7.84. The van der Waals surface area contributed by atoms with Crippen LogP contribution in [0.4, 0.5) is 17.1 Å². The Morgan fingerprint density at radius 2 is 1.38 bits per heavy atom. The van der Waals surface area contributed by atoms with E-state index in [0.29, 0.717) is 11.4 Å². The van der Waals surface area contributed by atoms with Crippen LogP contribution in [0.5, 0.6) is 0 Å². The largest absolute Gasteiger partial charge is 1.00 e. The highest BCUT2D eigenvalue weighted by molar-refractivity contribution is 6.07. The predicted molar refractivity (Wildman–Crippen MR) is 149 cm³/mol. The molecule has 2 N–H and O–H groups in total. The molecule has 2 amide bonds. The van der Waals surface area contributed by atoms with Gasteiger partial charge in [-0.3, -0.25) is 9.59 Å². The Morgan fingerprint density at radius 3 is 2.00 bits per heavy atom. The number of aromatic nitrogens is 3. The van der Waals surface area contributed by atoms with Crippen LogP contribution in [0, 0.1) is 6.92 Å². The van der Waals surface area contributed by atoms with Crippen LogP contribution in [-0.4, -0.2) is 30.9 Å². The summed E-state index contributed by atoms with van der Waals surface area (Å²) in [6.07, 6.45) is 1.97. The van der Waals surface area contributed by atoms with Crippen LogP contribution in [0.15, 0.2) is 79.0 Å². The second-order valence-corrected chi connectivity index (χ2v) is 9.57. The van der Waals surface area contributed by atoms with Gasteiger partial charge >= 0.3 is 0 Å². The predicted octanol–water partition coefficient (Wildman–Crippen LogP) is -2.08. The van der Waals surface area contributed by atoms with Gasteiger partial charge in [0.1, 0.15) is 25.5 Å². The van der Waals surface area contributed by atoms with E-state index < -0.39 is 0 Å². The molecule has 5 rings (SSSR count). The van der Waals surface area contributed by atoms with Crippen LogP contribution in [0.2, 0.25) is 0 Å². The lowest BCUT2D eigenvalue weighted by molar-refractivity contribution is -0.651. The molecule has 0 fully saturated rings. The van der Waals surface area contributed by atoms with Crippen molar-refractivity contribution in [3.05, 3.63) is 96.1 Å². The van der Waals surface area contributed by atoms with E-state index in [0.717, 1.165) is 33.2 Å². The van der Waals surface area contributed by atoms with E-state index in [1.807, 2.05) is 87.5 Å². The van der Waals surface area contributed by atoms with Crippen LogP contribution in [0.25, 0.3) is 21.8 Å². The number of nitrogens with one attached hydrogen (secondary N) is 2. The third-order valence-corrected chi connectivity index (χ3v) is 6.71. The molecule has 3 aromatic heterocycles. The van der Waals surface area contributed by atoms with Crippen molar-refractivity contribution in [2.24, 2.45) is 14.1 Å². The average Bonchev–Trinajstić information content (AvgIpc) is 2.90. The van der Waals surface area contributed by atoms with E-state index in [4.69, 9.17) is 0 Å². The molecule has 0 bridgehead atoms. The van der Waals surface area contributed by atoms with Crippen molar-refractivity contribution in [2.75, 3.05) is 29.6 Å². The first kappa shape index (κ1) is 31.1. The van der Waals surface area contributed by atoms with Gasteiger partial charge in [0.05, 0.1) is 11.1 Å². The van der Waals surface area contributed by atoms with Crippen molar-refractivity contribution >= 4 is 50.7 Å². The molecule has 0 saturated heterocycles. The van der Waals surface area contributed by atoms with E-state index in [9.17, 15) is 9.59 Å². The molecule has 2 aromatic carbocycles. The summed E-state index contributed by atoms with van der Waals surface area (Å²) in [5.41, 5.74) is 5.93. The second kappa shape index (κ2) is 12.9. The summed E-state index contributed by atoms with van der Waals surface area (Å²) in [7, 11) is 7.99. The number of aryl methyl sites for hydroxylation is 3. The molecule has 0 aliphatic heterocycles. The number of carbonyl (C=O) groups excluding carboxylic acids is 2. The van der Waals surface area contributed by atoms with Crippen LogP contribution in [-0.2, 0) is 14.1 Å². The molecule has 0 radical (unpaired) electrons. The Morgan fingerprint density at radius 1 is 0.775 bits per heavy atom. The summed E-state index contributed by atoms with van der Waals surface area (Å²) < 4.78 is 4.13. The first-order valence-electron chi connectivity index (χ1n) is 12.3. The number of pyridine rings is 3. The van der Waals surface area contributed by atoms with Gasteiger partial charge in [0.2, 0.25) is 11.0 Å². The number of fused-ring (bicyclic) bond motifs is 2. The fraction of sp³-hybridized carbons (Fsp3) is 0.167. The minimum absolute atomic E-state index is 0. The zero-order valence-electron chi connectivity index (χ0n) is 22.9. The standard InChI is InChI=1S/C30H28N6O2.2HI/c1-19-16-28(34(2)3)23-18-22(12-14-27(23)36(19)5)32-30(38)25-10-6-9-24(33-25)29(37)31-21-11-13-26-20(17-21)8-7-15-35(26)4;;/h6-18H,1-5H3;2*1H. The second-order valence-electron chi connectivity index (χ2n) is 9.57. The Hall–Kier alpha value is -3.39. The van der Waals surface area contributed by atoms with E-state index in [-0.39, 0.29) is 71.2 Å². The van der Waals surface area contributed by atoms with Crippen LogP contribution in [0.1, 0.15) is 26.7 Å². The fourth-order valence-corrected chi connectivity index (χ4v) is 4.56. The van der Waals surface area contributed by atoms with Crippen molar-refractivity contribution in [2.45, 2.75) is 6.92 Å². The zero-order valence-corrected chi connectivity index (χ0v) is 27.2. The minimum atomic E-state index is -0.389. The summed E-state index contributed by atoms with van der Waals surface area (Å²) in [4.78, 5) is 32.4. The fourth-order valence-electron chi connectivity index (χ4n) is 4.56. The number of halogens is 2. The quantitative estimate of drug-likeness (QED) is 0.160. The Bertz CT molecular complexity index is 1740. The monoisotopic (exact) mass is 760 g/mol. The molecule has 206 valence electrons. The molecule has 0 aliphatic carbocycles. The molecule has 3 heterocycles. The van der Waals surface area contributed by atoms with Gasteiger partial charge in [0.25, 0.3) is 11.8 Å². The van der Waals surface area contributed by atoms with Crippen molar-refractivity contribution in [1.82, 2.24) is 4.98 Å². The molecule has 0 spiro atoms. The SMILES string of the molecule is Cc1cc(N(C)C)c2cc(NC(=O)c3cccc(C(=O)Nc4ccc5c(ccc[n+]5C)c4)n3)ccc2[n+]1C.[I-].[I-]. The molecule has 5 aromatic rings. The van der Waals surface area contributed by atoms with Crippen molar-refractivity contribution < 1.29 is 66.7 Å². The van der Waals surface area contributed by atoms with E-state index in [1.54, 1.807) is 18.2 Å². The third kappa shape index (κ3) is 6.33. The maximum atomic E-state index is 13.1. The lowest BCUT2D eigenvalue weighted by Gasteiger charge is -2.16. The number of benzene rings is 2. The number of hydrogen-bond acceptors (Lipinski definition) is 4. The Balaban J connectivity index is 0.00000220. The van der Waals surface area contributed by atoms with Gasteiger partial charge in [-0.2, -0.15) is 4.57 Å². The first-order valence-corrected chi connectivity index (χ1v) is 12.3. The maximum absolute atomic E-state index is 13.1. The number of hydrogen-bond donors (Lipinski definition) is 2. The summed E-state index contributed by atoms with van der Waals surface area (Å²) in [5.74, 6) is -0.774. The van der Waals surface area contributed by atoms with E-state index in [1.165, 1.54) is 0 Å². The number of amides is 2. The molecule has 0 unspecified atom stereocenters. The topological polar surface area (TPSA) is 82.1 Å². The summed E-state index contributed by atoms with van der Waals surface area (Å²) >= 11 is 0. The zero-order chi connectivity index (χ0) is 27.0. The van der Waals surface area contributed by atoms with Gasteiger partial charge in [-0.05, 0) is 42.5 Å². The van der Waals surface area contributed by atoms with Gasteiger partial charge in [0, 0.05) is 62.0 Å². The van der Waals surface area contributed by atoms with Crippen molar-refractivity contribution in [1.29, 1.82) is 0 Å². The van der Waals surface area contributed by atoms with Gasteiger partial charge in [0.15, 0.2) is 11.9 Å². The number of nitrogens with zero attached hydrogens (tertiary/aromatic N) is 4. The van der Waals surface area contributed by atoms with Crippen LogP contribution >= 0.6 is 0 Å². The van der Waals surface area contributed by atoms with Crippen LogP contribution < -0.4 is 72.6 Å². The summed E-state index contributed by atoms with van der Waals surface area (Å²) in [6, 6.07) is 22.4. The van der Waals surface area contributed by atoms with Crippen LogP contribution in [0.3, 0.4) is 0 Å². The summed E-state index contributed by atoms with van der Waals surface area (Å²) in [6.45, 7) is 2.07. The van der Waals surface area contributed by atoms with Gasteiger partial charge in [-0.25, -0.2) is 9.55 Å². The molecule has 0 atom stereocenters. The van der Waals surface area contributed by atoms with Gasteiger partial charge < -0.3 is 63.5 Å². The normalized spacial score (nSPS) is 10.4. The molecular weight excluding hydrogens is 730 g/mol. The molecule has 10 heteroatoms. The third-order valence-electron chi connectivity index (χ3n) is 6.71. The average molecular weight is 760 g/mol.